The van der Waals surface area contributed by atoms with Crippen molar-refractivity contribution < 1.29 is 23.8 Å². The van der Waals surface area contributed by atoms with E-state index in [0.29, 0.717) is 22.8 Å². The lowest BCUT2D eigenvalue weighted by Gasteiger charge is -2.45. The van der Waals surface area contributed by atoms with Crippen LogP contribution in [0.25, 0.3) is 10.9 Å². The molecular weight excluding hydrogens is 474 g/mol. The number of likely N-dealkylation sites (tertiary alicyclic amines) is 1. The average Bonchev–Trinajstić information content (AvgIpc) is 3.15. The maximum Gasteiger partial charge on any atom is 0.415 e. The van der Waals surface area contributed by atoms with Crippen LogP contribution in [0.15, 0.2) is 36.7 Å². The number of aromatic nitrogens is 2. The van der Waals surface area contributed by atoms with E-state index in [1.165, 1.54) is 11.9 Å². The Labute approximate surface area is 215 Å². The molecule has 2 aliphatic rings. The number of benzene rings is 2. The molecule has 0 radical (unpaired) electrons. The summed E-state index contributed by atoms with van der Waals surface area (Å²) >= 11 is 0. The maximum absolute atomic E-state index is 13.0. The Morgan fingerprint density at radius 3 is 2.54 bits per heavy atom. The van der Waals surface area contributed by atoms with Crippen LogP contribution in [-0.2, 0) is 9.47 Å². The fourth-order valence-electron chi connectivity index (χ4n) is 4.71. The molecule has 1 N–H and O–H groups in total. The van der Waals surface area contributed by atoms with Crippen LogP contribution in [0.1, 0.15) is 31.9 Å². The van der Waals surface area contributed by atoms with Crippen molar-refractivity contribution in [2.24, 2.45) is 0 Å². The van der Waals surface area contributed by atoms with Crippen molar-refractivity contribution in [1.82, 2.24) is 14.9 Å². The summed E-state index contributed by atoms with van der Waals surface area (Å²) in [5.74, 6) is 1.10. The Morgan fingerprint density at radius 1 is 1.11 bits per heavy atom. The van der Waals surface area contributed by atoms with E-state index in [1.54, 1.807) is 23.0 Å². The summed E-state index contributed by atoms with van der Waals surface area (Å²) in [5.41, 5.74) is 3.02. The molecule has 3 heterocycles. The van der Waals surface area contributed by atoms with Crippen LogP contribution in [0.3, 0.4) is 0 Å². The molecule has 0 aliphatic carbocycles. The number of hydrogen-bond acceptors (Lipinski definition) is 8. The molecule has 0 atom stereocenters. The van der Waals surface area contributed by atoms with Crippen molar-refractivity contribution in [1.29, 1.82) is 0 Å². The molecule has 0 saturated carbocycles. The van der Waals surface area contributed by atoms with Crippen molar-refractivity contribution in [3.05, 3.63) is 47.8 Å². The standard InChI is InChI=1S/C27H31N5O5/c1-16-7-8-19(17(2)9-16)30-23-18-10-21(22(35-6)11-20(18)28-15-29-23)32-14-27(37-25(32)34)12-31(13-27)24(33)36-26(3,4)5/h7-11,15H,12-14H2,1-6H3,(H,28,29,30). The number of nitrogens with one attached hydrogen (secondary N) is 1. The third-order valence-electron chi connectivity index (χ3n) is 6.44. The monoisotopic (exact) mass is 505 g/mol. The zero-order valence-electron chi connectivity index (χ0n) is 21.9. The third kappa shape index (κ3) is 4.71. The summed E-state index contributed by atoms with van der Waals surface area (Å²) in [7, 11) is 1.55. The Morgan fingerprint density at radius 2 is 1.86 bits per heavy atom. The number of carbonyl (C=O) groups is 2. The van der Waals surface area contributed by atoms with Gasteiger partial charge in [0, 0.05) is 17.1 Å². The molecule has 1 aromatic heterocycles. The van der Waals surface area contributed by atoms with Crippen molar-refractivity contribution in [2.75, 3.05) is 37.0 Å². The highest BCUT2D eigenvalue weighted by atomic mass is 16.6. The highest BCUT2D eigenvalue weighted by Gasteiger charge is 2.56. The number of carbonyl (C=O) groups excluding carboxylic acids is 2. The van der Waals surface area contributed by atoms with Gasteiger partial charge in [-0.25, -0.2) is 19.6 Å². The average molecular weight is 506 g/mol. The predicted molar refractivity (Wildman–Crippen MR) is 140 cm³/mol. The summed E-state index contributed by atoms with van der Waals surface area (Å²) in [5, 5.41) is 4.13. The molecule has 10 nitrogen and oxygen atoms in total. The lowest BCUT2D eigenvalue weighted by atomic mass is 9.94. The molecule has 2 aromatic carbocycles. The highest BCUT2D eigenvalue weighted by molar-refractivity contribution is 6.00. The summed E-state index contributed by atoms with van der Waals surface area (Å²) in [4.78, 5) is 37.4. The van der Waals surface area contributed by atoms with E-state index in [2.05, 4.69) is 21.4 Å². The van der Waals surface area contributed by atoms with Gasteiger partial charge < -0.3 is 19.5 Å². The number of amides is 2. The van der Waals surface area contributed by atoms with Crippen molar-refractivity contribution in [3.63, 3.8) is 0 Å². The molecule has 3 aromatic rings. The predicted octanol–water partition coefficient (Wildman–Crippen LogP) is 4.94. The minimum absolute atomic E-state index is 0.267. The lowest BCUT2D eigenvalue weighted by Crippen LogP contribution is -2.66. The first-order valence-corrected chi connectivity index (χ1v) is 12.1. The first kappa shape index (κ1) is 24.6. The molecule has 10 heteroatoms. The first-order chi connectivity index (χ1) is 17.5. The quantitative estimate of drug-likeness (QED) is 0.531. The Hall–Kier alpha value is -4.08. The van der Waals surface area contributed by atoms with Crippen LogP contribution < -0.4 is 15.0 Å². The second kappa shape index (κ2) is 8.79. The van der Waals surface area contributed by atoms with Gasteiger partial charge in [-0.1, -0.05) is 17.7 Å². The van der Waals surface area contributed by atoms with Crippen LogP contribution in [0.2, 0.25) is 0 Å². The van der Waals surface area contributed by atoms with Crippen molar-refractivity contribution >= 4 is 40.3 Å². The van der Waals surface area contributed by atoms with Gasteiger partial charge in [0.25, 0.3) is 0 Å². The van der Waals surface area contributed by atoms with E-state index in [-0.39, 0.29) is 19.6 Å². The van der Waals surface area contributed by atoms with Gasteiger partial charge in [-0.3, -0.25) is 9.80 Å². The van der Waals surface area contributed by atoms with Crippen LogP contribution in [0, 0.1) is 13.8 Å². The Balaban J connectivity index is 1.43. The van der Waals surface area contributed by atoms with E-state index >= 15 is 0 Å². The number of nitrogens with zero attached hydrogens (tertiary/aromatic N) is 4. The number of hydrogen-bond donors (Lipinski definition) is 1. The van der Waals surface area contributed by atoms with Gasteiger partial charge in [0.05, 0.1) is 37.9 Å². The van der Waals surface area contributed by atoms with E-state index in [4.69, 9.17) is 14.2 Å². The fraction of sp³-hybridized carbons (Fsp3) is 0.407. The van der Waals surface area contributed by atoms with E-state index < -0.39 is 23.4 Å². The molecule has 5 rings (SSSR count). The Bertz CT molecular complexity index is 1390. The minimum Gasteiger partial charge on any atom is -0.494 e. The normalized spacial score (nSPS) is 16.5. The van der Waals surface area contributed by atoms with E-state index in [9.17, 15) is 9.59 Å². The minimum atomic E-state index is -0.790. The topological polar surface area (TPSA) is 106 Å². The van der Waals surface area contributed by atoms with Crippen LogP contribution >= 0.6 is 0 Å². The lowest BCUT2D eigenvalue weighted by molar-refractivity contribution is -0.0779. The van der Waals surface area contributed by atoms with E-state index in [0.717, 1.165) is 16.6 Å². The molecular formula is C27H31N5O5. The van der Waals surface area contributed by atoms with Gasteiger partial charge >= 0.3 is 12.2 Å². The van der Waals surface area contributed by atoms with Gasteiger partial charge in [-0.05, 0) is 52.3 Å². The highest BCUT2D eigenvalue weighted by Crippen LogP contribution is 2.41. The molecule has 2 amide bonds. The van der Waals surface area contributed by atoms with E-state index in [1.807, 2.05) is 52.8 Å². The van der Waals surface area contributed by atoms with Crippen LogP contribution in [0.5, 0.6) is 5.75 Å². The molecule has 0 unspecified atom stereocenters. The largest absolute Gasteiger partial charge is 0.494 e. The number of anilines is 3. The summed E-state index contributed by atoms with van der Waals surface area (Å²) < 4.78 is 16.8. The third-order valence-corrected chi connectivity index (χ3v) is 6.44. The molecule has 1 spiro atoms. The van der Waals surface area contributed by atoms with Crippen LogP contribution in [-0.4, -0.2) is 65.0 Å². The maximum atomic E-state index is 13.0. The van der Waals surface area contributed by atoms with Gasteiger partial charge in [-0.15, -0.1) is 0 Å². The molecule has 2 fully saturated rings. The number of ether oxygens (including phenoxy) is 3. The molecule has 194 valence electrons. The summed E-state index contributed by atoms with van der Waals surface area (Å²) in [6.07, 6.45) is 0.573. The molecule has 2 aliphatic heterocycles. The fourth-order valence-corrected chi connectivity index (χ4v) is 4.71. The molecule has 37 heavy (non-hydrogen) atoms. The zero-order valence-corrected chi connectivity index (χ0v) is 21.9. The number of rotatable bonds is 4. The van der Waals surface area contributed by atoms with Crippen molar-refractivity contribution in [2.45, 2.75) is 45.8 Å². The smallest absolute Gasteiger partial charge is 0.415 e. The van der Waals surface area contributed by atoms with Gasteiger partial charge in [0.15, 0.2) is 5.60 Å². The van der Waals surface area contributed by atoms with Crippen LogP contribution in [0.4, 0.5) is 26.8 Å². The summed E-state index contributed by atoms with van der Waals surface area (Å²) in [6.45, 7) is 10.3. The van der Waals surface area contributed by atoms with Gasteiger partial charge in [-0.2, -0.15) is 0 Å². The van der Waals surface area contributed by atoms with Gasteiger partial charge in [0.1, 0.15) is 23.5 Å². The second-order valence-electron chi connectivity index (χ2n) is 10.7. The molecule has 0 bridgehead atoms. The second-order valence-corrected chi connectivity index (χ2v) is 10.7. The SMILES string of the molecule is COc1cc2ncnc(Nc3ccc(C)cc3C)c2cc1N1CC2(CN(C(=O)OC(C)(C)C)C2)OC1=O. The zero-order chi connectivity index (χ0) is 26.5. The van der Waals surface area contributed by atoms with Crippen molar-refractivity contribution in [3.8, 4) is 5.75 Å². The molecule has 2 saturated heterocycles. The Kier molecular flexibility index (Phi) is 5.85. The number of fused-ring (bicyclic) bond motifs is 1. The summed E-state index contributed by atoms with van der Waals surface area (Å²) in [6, 6.07) is 9.76. The number of methoxy groups -OCH3 is 1. The first-order valence-electron chi connectivity index (χ1n) is 12.1. The number of aryl methyl sites for hydroxylation is 2. The van der Waals surface area contributed by atoms with Gasteiger partial charge in [0.2, 0.25) is 0 Å².